The highest BCUT2D eigenvalue weighted by Crippen LogP contribution is 2.30. The predicted molar refractivity (Wildman–Crippen MR) is 135 cm³/mol. The van der Waals surface area contributed by atoms with Gasteiger partial charge in [-0.3, -0.25) is 14.3 Å². The van der Waals surface area contributed by atoms with Crippen molar-refractivity contribution in [2.75, 3.05) is 0 Å². The minimum Gasteiger partial charge on any atom is -0.311 e. The topological polar surface area (TPSA) is 96.4 Å². The quantitative estimate of drug-likeness (QED) is 0.362. The van der Waals surface area contributed by atoms with Crippen LogP contribution in [-0.4, -0.2) is 24.7 Å². The fourth-order valence-electron chi connectivity index (χ4n) is 4.06. The van der Waals surface area contributed by atoms with Gasteiger partial charge in [0.25, 0.3) is 5.56 Å². The lowest BCUT2D eigenvalue weighted by atomic mass is 10.1. The van der Waals surface area contributed by atoms with E-state index in [1.165, 1.54) is 22.4 Å². The molecule has 3 aromatic carbocycles. The molecule has 0 amide bonds. The Kier molecular flexibility index (Phi) is 5.90. The number of hydrogen-bond donors (Lipinski definition) is 2. The van der Waals surface area contributed by atoms with Crippen LogP contribution in [0.25, 0.3) is 16.5 Å². The average Bonchev–Trinajstić information content (AvgIpc) is 3.20. The third-order valence-electron chi connectivity index (χ3n) is 5.71. The van der Waals surface area contributed by atoms with E-state index in [0.29, 0.717) is 11.5 Å². The van der Waals surface area contributed by atoms with E-state index in [0.717, 1.165) is 27.7 Å². The van der Waals surface area contributed by atoms with E-state index < -0.39 is 11.2 Å². The molecule has 8 heteroatoms. The molecule has 0 atom stereocenters. The molecular formula is C26H23N5O2S. The molecule has 0 bridgehead atoms. The van der Waals surface area contributed by atoms with Crippen molar-refractivity contribution in [3.8, 4) is 5.69 Å². The first kappa shape index (κ1) is 21.9. The summed E-state index contributed by atoms with van der Waals surface area (Å²) in [5.41, 5.74) is 3.91. The first-order valence-corrected chi connectivity index (χ1v) is 11.9. The molecule has 0 aliphatic heterocycles. The van der Waals surface area contributed by atoms with Crippen molar-refractivity contribution < 1.29 is 0 Å². The number of rotatable bonds is 6. The molecule has 7 nitrogen and oxygen atoms in total. The highest BCUT2D eigenvalue weighted by Gasteiger charge is 2.18. The lowest BCUT2D eigenvalue weighted by molar-refractivity contribution is 0.824. The summed E-state index contributed by atoms with van der Waals surface area (Å²) in [6.45, 7) is 4.09. The fourth-order valence-corrected chi connectivity index (χ4v) is 5.02. The van der Waals surface area contributed by atoms with Crippen LogP contribution in [0.15, 0.2) is 81.5 Å². The molecule has 170 valence electrons. The van der Waals surface area contributed by atoms with Gasteiger partial charge in [-0.1, -0.05) is 66.4 Å². The third-order valence-corrected chi connectivity index (χ3v) is 6.69. The van der Waals surface area contributed by atoms with Crippen molar-refractivity contribution in [1.29, 1.82) is 0 Å². The Morgan fingerprint density at radius 3 is 2.59 bits per heavy atom. The summed E-state index contributed by atoms with van der Waals surface area (Å²) in [6, 6.07) is 22.3. The van der Waals surface area contributed by atoms with Gasteiger partial charge in [-0.15, -0.1) is 10.2 Å². The molecule has 0 saturated heterocycles. The Hall–Kier alpha value is -3.91. The Morgan fingerprint density at radius 2 is 1.74 bits per heavy atom. The van der Waals surface area contributed by atoms with Gasteiger partial charge >= 0.3 is 5.69 Å². The van der Waals surface area contributed by atoms with Gasteiger partial charge in [0.15, 0.2) is 5.16 Å². The molecule has 0 spiro atoms. The van der Waals surface area contributed by atoms with E-state index in [-0.39, 0.29) is 6.42 Å². The second kappa shape index (κ2) is 9.15. The highest BCUT2D eigenvalue weighted by molar-refractivity contribution is 7.98. The lowest BCUT2D eigenvalue weighted by Gasteiger charge is -2.14. The molecule has 0 fully saturated rings. The summed E-state index contributed by atoms with van der Waals surface area (Å²) in [6.07, 6.45) is 0.272. The van der Waals surface area contributed by atoms with Crippen LogP contribution in [0.1, 0.15) is 28.2 Å². The molecule has 0 unspecified atom stereocenters. The van der Waals surface area contributed by atoms with Crippen LogP contribution in [0.2, 0.25) is 0 Å². The number of benzene rings is 3. The van der Waals surface area contributed by atoms with Gasteiger partial charge in [0.2, 0.25) is 0 Å². The van der Waals surface area contributed by atoms with Crippen molar-refractivity contribution in [2.24, 2.45) is 0 Å². The van der Waals surface area contributed by atoms with Gasteiger partial charge in [0, 0.05) is 23.9 Å². The Balaban J connectivity index is 1.56. The maximum absolute atomic E-state index is 11.8. The molecule has 5 aromatic rings. The zero-order valence-corrected chi connectivity index (χ0v) is 19.6. The normalized spacial score (nSPS) is 11.2. The predicted octanol–water partition coefficient (Wildman–Crippen LogP) is 4.30. The monoisotopic (exact) mass is 469 g/mol. The van der Waals surface area contributed by atoms with Crippen LogP contribution in [0.4, 0.5) is 0 Å². The van der Waals surface area contributed by atoms with Crippen molar-refractivity contribution in [3.63, 3.8) is 0 Å². The minimum atomic E-state index is -0.536. The number of nitrogens with zero attached hydrogens (tertiary/aromatic N) is 3. The number of fused-ring (bicyclic) bond motifs is 1. The number of H-pyrrole nitrogens is 2. The molecule has 0 radical (unpaired) electrons. The van der Waals surface area contributed by atoms with Crippen LogP contribution in [0, 0.1) is 13.8 Å². The Bertz CT molecular complexity index is 1580. The molecule has 2 heterocycles. The van der Waals surface area contributed by atoms with Gasteiger partial charge in [-0.05, 0) is 47.4 Å². The van der Waals surface area contributed by atoms with Crippen LogP contribution in [0.3, 0.4) is 0 Å². The van der Waals surface area contributed by atoms with Gasteiger partial charge in [-0.25, -0.2) is 4.79 Å². The molecular weight excluding hydrogens is 446 g/mol. The van der Waals surface area contributed by atoms with Crippen LogP contribution >= 0.6 is 11.8 Å². The van der Waals surface area contributed by atoms with Gasteiger partial charge in [0.1, 0.15) is 5.82 Å². The van der Waals surface area contributed by atoms with Crippen molar-refractivity contribution in [1.82, 2.24) is 24.7 Å². The van der Waals surface area contributed by atoms with E-state index >= 15 is 0 Å². The summed E-state index contributed by atoms with van der Waals surface area (Å²) < 4.78 is 2.03. The van der Waals surface area contributed by atoms with Gasteiger partial charge in [-0.2, -0.15) is 0 Å². The van der Waals surface area contributed by atoms with E-state index in [9.17, 15) is 9.59 Å². The van der Waals surface area contributed by atoms with Crippen LogP contribution in [-0.2, 0) is 12.2 Å². The standard InChI is InChI=1S/C26H23N5O2S/c1-16-10-11-17(2)22(12-16)31-23(13-20-14-24(32)28-25(33)27-20)29-30-26(31)34-15-19-8-5-7-18-6-3-4-9-21(18)19/h3-12,14H,13,15H2,1-2H3,(H2,27,28,32,33). The largest absolute Gasteiger partial charge is 0.325 e. The molecule has 34 heavy (non-hydrogen) atoms. The second-order valence-corrected chi connectivity index (χ2v) is 9.18. The number of hydrogen-bond acceptors (Lipinski definition) is 5. The van der Waals surface area contributed by atoms with E-state index in [1.54, 1.807) is 11.8 Å². The Labute approximate surface area is 199 Å². The maximum atomic E-state index is 11.8. The SMILES string of the molecule is Cc1ccc(C)c(-n2c(Cc3cc(=O)[nH]c(=O)[nH]3)nnc2SCc2cccc3ccccc23)c1. The lowest BCUT2D eigenvalue weighted by Crippen LogP contribution is -2.23. The van der Waals surface area contributed by atoms with E-state index in [4.69, 9.17) is 0 Å². The maximum Gasteiger partial charge on any atom is 0.325 e. The van der Waals surface area contributed by atoms with Gasteiger partial charge < -0.3 is 4.98 Å². The Morgan fingerprint density at radius 1 is 0.912 bits per heavy atom. The first-order chi connectivity index (χ1) is 16.5. The number of nitrogens with one attached hydrogen (secondary N) is 2. The molecule has 2 aromatic heterocycles. The number of aromatic nitrogens is 5. The molecule has 5 rings (SSSR count). The summed E-state index contributed by atoms with van der Waals surface area (Å²) >= 11 is 1.61. The van der Waals surface area contributed by atoms with Crippen LogP contribution in [0.5, 0.6) is 0 Å². The van der Waals surface area contributed by atoms with Crippen molar-refractivity contribution >= 4 is 22.5 Å². The second-order valence-electron chi connectivity index (χ2n) is 8.24. The van der Waals surface area contributed by atoms with Crippen molar-refractivity contribution in [3.05, 3.63) is 116 Å². The van der Waals surface area contributed by atoms with Crippen molar-refractivity contribution in [2.45, 2.75) is 31.2 Å². The summed E-state index contributed by atoms with van der Waals surface area (Å²) in [5, 5.41) is 12.1. The summed E-state index contributed by atoms with van der Waals surface area (Å²) in [7, 11) is 0. The first-order valence-electron chi connectivity index (χ1n) is 10.9. The molecule has 0 saturated carbocycles. The average molecular weight is 470 g/mol. The molecule has 0 aliphatic rings. The van der Waals surface area contributed by atoms with Crippen LogP contribution < -0.4 is 11.2 Å². The molecule has 0 aliphatic carbocycles. The zero-order valence-electron chi connectivity index (χ0n) is 18.8. The highest BCUT2D eigenvalue weighted by atomic mass is 32.2. The number of thioether (sulfide) groups is 1. The summed E-state index contributed by atoms with van der Waals surface area (Å²) in [4.78, 5) is 28.5. The number of aromatic amines is 2. The smallest absolute Gasteiger partial charge is 0.311 e. The minimum absolute atomic E-state index is 0.272. The number of aryl methyl sites for hydroxylation is 2. The van der Waals surface area contributed by atoms with E-state index in [1.807, 2.05) is 24.5 Å². The summed E-state index contributed by atoms with van der Waals surface area (Å²) in [5.74, 6) is 1.38. The van der Waals surface area contributed by atoms with E-state index in [2.05, 4.69) is 74.8 Å². The molecule has 2 N–H and O–H groups in total. The zero-order chi connectivity index (χ0) is 23.7. The fraction of sp³-hybridized carbons (Fsp3) is 0.154. The third kappa shape index (κ3) is 4.45. The van der Waals surface area contributed by atoms with Gasteiger partial charge in [0.05, 0.1) is 5.69 Å².